The van der Waals surface area contributed by atoms with Gasteiger partial charge in [0.1, 0.15) is 0 Å². The quantitative estimate of drug-likeness (QED) is 0.820. The molecule has 0 aromatic heterocycles. The number of hydrogen-bond acceptors (Lipinski definition) is 3. The second kappa shape index (κ2) is 5.98. The first-order chi connectivity index (χ1) is 8.42. The minimum atomic E-state index is -0.562. The first-order valence-corrected chi connectivity index (χ1v) is 6.10. The van der Waals surface area contributed by atoms with Crippen LogP contribution in [0.15, 0.2) is 24.3 Å². The van der Waals surface area contributed by atoms with Crippen LogP contribution in [0.2, 0.25) is 0 Å². The molecule has 0 aliphatic rings. The third-order valence-electron chi connectivity index (χ3n) is 3.23. The Morgan fingerprint density at radius 3 is 2.33 bits per heavy atom. The molecular weight excluding hydrogens is 228 g/mol. The SMILES string of the molecule is CN(C(=O)c1ccc(CCN)cc1)C(C)(C)CO. The van der Waals surface area contributed by atoms with E-state index in [0.717, 1.165) is 12.0 Å². The van der Waals surface area contributed by atoms with Gasteiger partial charge in [-0.25, -0.2) is 0 Å². The molecule has 1 amide bonds. The summed E-state index contributed by atoms with van der Waals surface area (Å²) in [4.78, 5) is 13.8. The lowest BCUT2D eigenvalue weighted by Crippen LogP contribution is -2.47. The number of nitrogens with two attached hydrogens (primary N) is 1. The number of nitrogens with zero attached hydrogens (tertiary/aromatic N) is 1. The Labute approximate surface area is 108 Å². The molecule has 0 fully saturated rings. The number of hydrogen-bond donors (Lipinski definition) is 2. The normalized spacial score (nSPS) is 11.4. The zero-order valence-corrected chi connectivity index (χ0v) is 11.3. The minimum Gasteiger partial charge on any atom is -0.394 e. The molecule has 18 heavy (non-hydrogen) atoms. The fourth-order valence-corrected chi connectivity index (χ4v) is 1.56. The van der Waals surface area contributed by atoms with Crippen molar-refractivity contribution in [3.05, 3.63) is 35.4 Å². The van der Waals surface area contributed by atoms with Gasteiger partial charge < -0.3 is 15.7 Å². The highest BCUT2D eigenvalue weighted by atomic mass is 16.3. The Bertz CT molecular complexity index is 399. The lowest BCUT2D eigenvalue weighted by molar-refractivity contribution is 0.0473. The van der Waals surface area contributed by atoms with Gasteiger partial charge in [0.25, 0.3) is 5.91 Å². The summed E-state index contributed by atoms with van der Waals surface area (Å²) in [5.41, 5.74) is 6.66. The first-order valence-electron chi connectivity index (χ1n) is 6.10. The second-order valence-corrected chi connectivity index (χ2v) is 5.07. The zero-order valence-electron chi connectivity index (χ0n) is 11.3. The molecule has 0 unspecified atom stereocenters. The van der Waals surface area contributed by atoms with Crippen molar-refractivity contribution < 1.29 is 9.90 Å². The standard InChI is InChI=1S/C14H22N2O2/c1-14(2,10-17)16(3)13(18)12-6-4-11(5-7-12)8-9-15/h4-7,17H,8-10,15H2,1-3H3. The Morgan fingerprint density at radius 1 is 1.33 bits per heavy atom. The van der Waals surface area contributed by atoms with E-state index in [4.69, 9.17) is 5.73 Å². The molecule has 100 valence electrons. The van der Waals surface area contributed by atoms with Crippen LogP contribution in [0.5, 0.6) is 0 Å². The van der Waals surface area contributed by atoms with Crippen molar-refractivity contribution in [2.45, 2.75) is 25.8 Å². The molecule has 1 rings (SSSR count). The average molecular weight is 250 g/mol. The molecule has 1 aromatic rings. The summed E-state index contributed by atoms with van der Waals surface area (Å²) in [5.74, 6) is -0.0895. The van der Waals surface area contributed by atoms with E-state index in [0.29, 0.717) is 12.1 Å². The first kappa shape index (κ1) is 14.7. The Balaban J connectivity index is 2.84. The van der Waals surface area contributed by atoms with Crippen LogP contribution in [-0.4, -0.2) is 41.7 Å². The van der Waals surface area contributed by atoms with Gasteiger partial charge in [0.2, 0.25) is 0 Å². The third-order valence-corrected chi connectivity index (χ3v) is 3.23. The average Bonchev–Trinajstić information content (AvgIpc) is 2.38. The summed E-state index contributed by atoms with van der Waals surface area (Å²) in [7, 11) is 1.70. The molecule has 3 N–H and O–H groups in total. The van der Waals surface area contributed by atoms with E-state index in [9.17, 15) is 9.90 Å². The Morgan fingerprint density at radius 2 is 1.89 bits per heavy atom. The van der Waals surface area contributed by atoms with Gasteiger partial charge in [0, 0.05) is 12.6 Å². The van der Waals surface area contributed by atoms with Crippen LogP contribution in [-0.2, 0) is 6.42 Å². The Kier molecular flexibility index (Phi) is 4.87. The summed E-state index contributed by atoms with van der Waals surface area (Å²) in [6.07, 6.45) is 0.812. The number of likely N-dealkylation sites (N-methyl/N-ethyl adjacent to an activating group) is 1. The van der Waals surface area contributed by atoms with Crippen LogP contribution in [0.1, 0.15) is 29.8 Å². The van der Waals surface area contributed by atoms with Gasteiger partial charge in [-0.05, 0) is 44.5 Å². The van der Waals surface area contributed by atoms with E-state index >= 15 is 0 Å². The van der Waals surface area contributed by atoms with E-state index in [1.165, 1.54) is 0 Å². The predicted octanol–water partition coefficient (Wildman–Crippen LogP) is 1.03. The lowest BCUT2D eigenvalue weighted by atomic mass is 10.0. The van der Waals surface area contributed by atoms with Crippen molar-refractivity contribution in [3.63, 3.8) is 0 Å². The molecule has 1 aromatic carbocycles. The zero-order chi connectivity index (χ0) is 13.8. The molecule has 0 heterocycles. The summed E-state index contributed by atoms with van der Waals surface area (Å²) in [5, 5.41) is 9.27. The highest BCUT2D eigenvalue weighted by Crippen LogP contribution is 2.15. The van der Waals surface area contributed by atoms with Crippen LogP contribution in [0.25, 0.3) is 0 Å². The maximum absolute atomic E-state index is 12.2. The molecule has 0 saturated heterocycles. The van der Waals surface area contributed by atoms with Crippen molar-refractivity contribution in [3.8, 4) is 0 Å². The third kappa shape index (κ3) is 3.31. The van der Waals surface area contributed by atoms with Crippen LogP contribution in [0, 0.1) is 0 Å². The number of aliphatic hydroxyl groups excluding tert-OH is 1. The van der Waals surface area contributed by atoms with Crippen molar-refractivity contribution in [2.75, 3.05) is 20.2 Å². The van der Waals surface area contributed by atoms with Gasteiger partial charge in [0.15, 0.2) is 0 Å². The fraction of sp³-hybridized carbons (Fsp3) is 0.500. The van der Waals surface area contributed by atoms with Gasteiger partial charge in [-0.1, -0.05) is 12.1 Å². The summed E-state index contributed by atoms with van der Waals surface area (Å²) < 4.78 is 0. The molecule has 4 heteroatoms. The lowest BCUT2D eigenvalue weighted by Gasteiger charge is -2.34. The Hall–Kier alpha value is -1.39. The smallest absolute Gasteiger partial charge is 0.254 e. The van der Waals surface area contributed by atoms with Gasteiger partial charge >= 0.3 is 0 Å². The molecule has 0 bridgehead atoms. The maximum Gasteiger partial charge on any atom is 0.254 e. The second-order valence-electron chi connectivity index (χ2n) is 5.07. The van der Waals surface area contributed by atoms with Gasteiger partial charge in [-0.15, -0.1) is 0 Å². The molecule has 0 aliphatic heterocycles. The van der Waals surface area contributed by atoms with E-state index in [1.54, 1.807) is 24.1 Å². The van der Waals surface area contributed by atoms with Crippen LogP contribution >= 0.6 is 0 Å². The number of rotatable bonds is 5. The van der Waals surface area contributed by atoms with Crippen LogP contribution in [0.3, 0.4) is 0 Å². The predicted molar refractivity (Wildman–Crippen MR) is 72.5 cm³/mol. The van der Waals surface area contributed by atoms with Crippen molar-refractivity contribution in [2.24, 2.45) is 5.73 Å². The summed E-state index contributed by atoms with van der Waals surface area (Å²) >= 11 is 0. The molecule has 0 saturated carbocycles. The van der Waals surface area contributed by atoms with Crippen LogP contribution in [0.4, 0.5) is 0 Å². The maximum atomic E-state index is 12.2. The molecule has 0 spiro atoms. The fourth-order valence-electron chi connectivity index (χ4n) is 1.56. The number of carbonyl (C=O) groups is 1. The van der Waals surface area contributed by atoms with Gasteiger partial charge in [-0.2, -0.15) is 0 Å². The minimum absolute atomic E-state index is 0.0690. The number of amides is 1. The van der Waals surface area contributed by atoms with E-state index < -0.39 is 5.54 Å². The van der Waals surface area contributed by atoms with Gasteiger partial charge in [0.05, 0.1) is 12.1 Å². The summed E-state index contributed by atoms with van der Waals surface area (Å²) in [6, 6.07) is 7.44. The summed E-state index contributed by atoms with van der Waals surface area (Å²) in [6.45, 7) is 4.19. The van der Waals surface area contributed by atoms with Crippen molar-refractivity contribution in [1.29, 1.82) is 0 Å². The number of carbonyl (C=O) groups excluding carboxylic acids is 1. The highest BCUT2D eigenvalue weighted by Gasteiger charge is 2.27. The highest BCUT2D eigenvalue weighted by molar-refractivity contribution is 5.94. The number of aliphatic hydroxyl groups is 1. The molecule has 4 nitrogen and oxygen atoms in total. The monoisotopic (exact) mass is 250 g/mol. The van der Waals surface area contributed by atoms with E-state index in [2.05, 4.69) is 0 Å². The van der Waals surface area contributed by atoms with Crippen molar-refractivity contribution >= 4 is 5.91 Å². The molecule has 0 atom stereocenters. The van der Waals surface area contributed by atoms with Gasteiger partial charge in [-0.3, -0.25) is 4.79 Å². The van der Waals surface area contributed by atoms with E-state index in [-0.39, 0.29) is 12.5 Å². The van der Waals surface area contributed by atoms with Crippen LogP contribution < -0.4 is 5.73 Å². The topological polar surface area (TPSA) is 66.6 Å². The molecular formula is C14H22N2O2. The molecule has 0 radical (unpaired) electrons. The number of benzene rings is 1. The van der Waals surface area contributed by atoms with E-state index in [1.807, 2.05) is 26.0 Å². The largest absolute Gasteiger partial charge is 0.394 e. The molecule has 0 aliphatic carbocycles. The van der Waals surface area contributed by atoms with Crippen molar-refractivity contribution in [1.82, 2.24) is 4.90 Å².